The van der Waals surface area contributed by atoms with Crippen molar-refractivity contribution in [3.63, 3.8) is 0 Å². The first-order chi connectivity index (χ1) is 9.58. The molecule has 1 saturated heterocycles. The third kappa shape index (κ3) is 2.31. The summed E-state index contributed by atoms with van der Waals surface area (Å²) in [5.41, 5.74) is 2.28. The lowest BCUT2D eigenvalue weighted by Gasteiger charge is -2.40. The second-order valence-corrected chi connectivity index (χ2v) is 5.94. The van der Waals surface area contributed by atoms with Gasteiger partial charge >= 0.3 is 0 Å². The van der Waals surface area contributed by atoms with Crippen LogP contribution >= 0.6 is 0 Å². The number of halogens is 1. The molecule has 0 aromatic heterocycles. The summed E-state index contributed by atoms with van der Waals surface area (Å²) in [5.74, 6) is -0.249. The van der Waals surface area contributed by atoms with Crippen molar-refractivity contribution in [1.82, 2.24) is 0 Å². The van der Waals surface area contributed by atoms with Gasteiger partial charge in [0, 0.05) is 17.8 Å². The Morgan fingerprint density at radius 3 is 2.95 bits per heavy atom. The molecule has 3 atom stereocenters. The molecule has 3 nitrogen and oxygen atoms in total. The molecule has 1 heterocycles. The highest BCUT2D eigenvalue weighted by atomic mass is 19.1. The number of benzene rings is 1. The number of aliphatic hydroxyl groups excluding tert-OH is 1. The van der Waals surface area contributed by atoms with Crippen molar-refractivity contribution in [2.24, 2.45) is 0 Å². The number of aliphatic hydroxyl groups is 1. The fourth-order valence-electron chi connectivity index (χ4n) is 3.49. The van der Waals surface area contributed by atoms with Crippen LogP contribution in [-0.4, -0.2) is 30.4 Å². The molecule has 0 spiro atoms. The minimum atomic E-state index is -0.664. The van der Waals surface area contributed by atoms with E-state index in [1.807, 2.05) is 6.07 Å². The maximum Gasteiger partial charge on any atom is 0.126 e. The molecule has 1 N–H and O–H groups in total. The van der Waals surface area contributed by atoms with Crippen LogP contribution in [0.15, 0.2) is 12.1 Å². The summed E-state index contributed by atoms with van der Waals surface area (Å²) in [4.78, 5) is 2.32. The number of fused-ring (bicyclic) bond motifs is 1. The van der Waals surface area contributed by atoms with Crippen LogP contribution in [0, 0.1) is 12.7 Å². The number of nitrogens with zero attached hydrogens (tertiary/aromatic N) is 1. The predicted molar refractivity (Wildman–Crippen MR) is 76.5 cm³/mol. The number of hydrogen-bond acceptors (Lipinski definition) is 3. The molecule has 0 radical (unpaired) electrons. The van der Waals surface area contributed by atoms with Crippen LogP contribution in [0.5, 0.6) is 0 Å². The molecule has 0 bridgehead atoms. The van der Waals surface area contributed by atoms with Gasteiger partial charge in [-0.3, -0.25) is 0 Å². The minimum absolute atomic E-state index is 0.249. The van der Waals surface area contributed by atoms with Crippen LogP contribution in [0.2, 0.25) is 0 Å². The first kappa shape index (κ1) is 13.8. The maximum atomic E-state index is 13.8. The Balaban J connectivity index is 2.01. The monoisotopic (exact) mass is 279 g/mol. The number of anilines is 1. The van der Waals surface area contributed by atoms with E-state index in [2.05, 4.69) is 4.90 Å². The predicted octanol–water partition coefficient (Wildman–Crippen LogP) is 2.95. The zero-order chi connectivity index (χ0) is 14.3. The highest BCUT2D eigenvalue weighted by Crippen LogP contribution is 2.37. The summed E-state index contributed by atoms with van der Waals surface area (Å²) in [7, 11) is 0. The van der Waals surface area contributed by atoms with E-state index < -0.39 is 6.10 Å². The quantitative estimate of drug-likeness (QED) is 0.903. The van der Waals surface area contributed by atoms with Crippen molar-refractivity contribution >= 4 is 5.69 Å². The molecule has 1 saturated carbocycles. The molecule has 1 aromatic rings. The van der Waals surface area contributed by atoms with E-state index in [1.165, 1.54) is 12.5 Å². The highest BCUT2D eigenvalue weighted by Gasteiger charge is 2.37. The fourth-order valence-corrected chi connectivity index (χ4v) is 3.49. The van der Waals surface area contributed by atoms with E-state index in [1.54, 1.807) is 13.8 Å². The second-order valence-electron chi connectivity index (χ2n) is 5.94. The number of ether oxygens (including phenoxy) is 1. The Morgan fingerprint density at radius 2 is 2.20 bits per heavy atom. The van der Waals surface area contributed by atoms with Gasteiger partial charge in [0.05, 0.1) is 24.9 Å². The largest absolute Gasteiger partial charge is 0.389 e. The summed E-state index contributed by atoms with van der Waals surface area (Å²) in [6.45, 7) is 4.99. The molecule has 1 aliphatic carbocycles. The van der Waals surface area contributed by atoms with Gasteiger partial charge in [-0.1, -0.05) is 0 Å². The fraction of sp³-hybridized carbons (Fsp3) is 0.625. The van der Waals surface area contributed by atoms with Crippen molar-refractivity contribution in [3.05, 3.63) is 29.1 Å². The zero-order valence-electron chi connectivity index (χ0n) is 12.1. The third-order valence-electron chi connectivity index (χ3n) is 4.55. The van der Waals surface area contributed by atoms with E-state index in [0.717, 1.165) is 25.1 Å². The van der Waals surface area contributed by atoms with E-state index in [0.29, 0.717) is 23.8 Å². The lowest BCUT2D eigenvalue weighted by Crippen LogP contribution is -2.49. The minimum Gasteiger partial charge on any atom is -0.389 e. The lowest BCUT2D eigenvalue weighted by molar-refractivity contribution is 0.0254. The van der Waals surface area contributed by atoms with Crippen molar-refractivity contribution in [3.8, 4) is 0 Å². The average Bonchev–Trinajstić information content (AvgIpc) is 2.89. The van der Waals surface area contributed by atoms with Crippen LogP contribution < -0.4 is 4.90 Å². The molecule has 20 heavy (non-hydrogen) atoms. The van der Waals surface area contributed by atoms with Gasteiger partial charge in [-0.15, -0.1) is 0 Å². The van der Waals surface area contributed by atoms with Crippen LogP contribution in [0.1, 0.15) is 43.4 Å². The van der Waals surface area contributed by atoms with E-state index in [-0.39, 0.29) is 11.9 Å². The standard InChI is InChI=1S/C16H22FNO2/c1-10-8-15(12(11(2)19)9-13(10)17)18-6-7-20-16-5-3-4-14(16)18/h8-9,11,14,16,19H,3-7H2,1-2H3. The first-order valence-electron chi connectivity index (χ1n) is 7.44. The maximum absolute atomic E-state index is 13.8. The highest BCUT2D eigenvalue weighted by molar-refractivity contribution is 5.58. The van der Waals surface area contributed by atoms with Crippen molar-refractivity contribution in [2.45, 2.75) is 51.4 Å². The molecule has 3 unspecified atom stereocenters. The van der Waals surface area contributed by atoms with Gasteiger partial charge in [0.2, 0.25) is 0 Å². The van der Waals surface area contributed by atoms with Gasteiger partial charge in [0.15, 0.2) is 0 Å². The molecule has 110 valence electrons. The Labute approximate surface area is 119 Å². The van der Waals surface area contributed by atoms with Gasteiger partial charge in [0.1, 0.15) is 5.82 Å². The SMILES string of the molecule is Cc1cc(N2CCOC3CCCC32)c(C(C)O)cc1F. The Morgan fingerprint density at radius 1 is 1.40 bits per heavy atom. The number of rotatable bonds is 2. The molecule has 0 amide bonds. The van der Waals surface area contributed by atoms with Gasteiger partial charge in [-0.25, -0.2) is 4.39 Å². The first-order valence-corrected chi connectivity index (χ1v) is 7.44. The molecule has 4 heteroatoms. The molecule has 2 aliphatic rings. The lowest BCUT2D eigenvalue weighted by atomic mass is 10.0. The molecule has 2 fully saturated rings. The van der Waals surface area contributed by atoms with Crippen molar-refractivity contribution in [2.75, 3.05) is 18.1 Å². The summed E-state index contributed by atoms with van der Waals surface area (Å²) in [5, 5.41) is 9.97. The summed E-state index contributed by atoms with van der Waals surface area (Å²) < 4.78 is 19.6. The number of morpholine rings is 1. The Kier molecular flexibility index (Phi) is 3.69. The molecule has 1 aliphatic heterocycles. The number of hydrogen-bond donors (Lipinski definition) is 1. The van der Waals surface area contributed by atoms with E-state index in [9.17, 15) is 9.50 Å². The topological polar surface area (TPSA) is 32.7 Å². The van der Waals surface area contributed by atoms with E-state index >= 15 is 0 Å². The Hall–Kier alpha value is -1.13. The average molecular weight is 279 g/mol. The van der Waals surface area contributed by atoms with Gasteiger partial charge in [-0.2, -0.15) is 0 Å². The molecular weight excluding hydrogens is 257 g/mol. The molecule has 1 aromatic carbocycles. The smallest absolute Gasteiger partial charge is 0.126 e. The summed E-state index contributed by atoms with van der Waals surface area (Å²) in [6, 6.07) is 3.72. The third-order valence-corrected chi connectivity index (χ3v) is 4.55. The van der Waals surface area contributed by atoms with E-state index in [4.69, 9.17) is 4.74 Å². The van der Waals surface area contributed by atoms with Crippen LogP contribution in [0.4, 0.5) is 10.1 Å². The molecule has 3 rings (SSSR count). The van der Waals surface area contributed by atoms with Crippen molar-refractivity contribution < 1.29 is 14.2 Å². The van der Waals surface area contributed by atoms with Gasteiger partial charge < -0.3 is 14.7 Å². The van der Waals surface area contributed by atoms with Crippen LogP contribution in [0.3, 0.4) is 0 Å². The number of aryl methyl sites for hydroxylation is 1. The normalized spacial score (nSPS) is 27.5. The van der Waals surface area contributed by atoms with Gasteiger partial charge in [-0.05, 0) is 50.8 Å². The van der Waals surface area contributed by atoms with Crippen LogP contribution in [0.25, 0.3) is 0 Å². The Bertz CT molecular complexity index is 503. The van der Waals surface area contributed by atoms with Crippen molar-refractivity contribution in [1.29, 1.82) is 0 Å². The van der Waals surface area contributed by atoms with Crippen LogP contribution in [-0.2, 0) is 4.74 Å². The summed E-state index contributed by atoms with van der Waals surface area (Å²) in [6.07, 6.45) is 3.01. The van der Waals surface area contributed by atoms with Gasteiger partial charge in [0.25, 0.3) is 0 Å². The second kappa shape index (κ2) is 5.34. The summed E-state index contributed by atoms with van der Waals surface area (Å²) >= 11 is 0. The molecular formula is C16H22FNO2. The zero-order valence-corrected chi connectivity index (χ0v) is 12.1.